The molecule has 1 spiro atoms. The van der Waals surface area contributed by atoms with E-state index in [4.69, 9.17) is 0 Å². The summed E-state index contributed by atoms with van der Waals surface area (Å²) in [6.45, 7) is 0. The van der Waals surface area contributed by atoms with Gasteiger partial charge in [0.05, 0.1) is 0 Å². The van der Waals surface area contributed by atoms with Crippen molar-refractivity contribution in [2.75, 3.05) is 0 Å². The Labute approximate surface area is 140 Å². The van der Waals surface area contributed by atoms with E-state index in [2.05, 4.69) is 24.3 Å². The molecule has 6 aliphatic rings. The molecule has 4 unspecified atom stereocenters. The van der Waals surface area contributed by atoms with E-state index in [-0.39, 0.29) is 0 Å². The lowest BCUT2D eigenvalue weighted by molar-refractivity contribution is 0.307. The Bertz CT molecular complexity index is 623. The molecule has 0 radical (unpaired) electrons. The molecule has 120 valence electrons. The number of fused-ring (bicyclic) bond motifs is 4. The first-order chi connectivity index (χ1) is 11.3. The lowest BCUT2D eigenvalue weighted by atomic mass is 9.76. The van der Waals surface area contributed by atoms with Crippen LogP contribution in [0.2, 0.25) is 0 Å². The largest absolute Gasteiger partial charge is 0.0805 e. The van der Waals surface area contributed by atoms with Crippen molar-refractivity contribution >= 4 is 0 Å². The first kappa shape index (κ1) is 13.3. The predicted molar refractivity (Wildman–Crippen MR) is 94.9 cm³/mol. The Hall–Kier alpha value is -1.04. The summed E-state index contributed by atoms with van der Waals surface area (Å²) in [6.07, 6.45) is 24.7. The molecule has 6 aliphatic carbocycles. The normalized spacial score (nSPS) is 46.6. The highest BCUT2D eigenvalue weighted by Crippen LogP contribution is 2.62. The summed E-state index contributed by atoms with van der Waals surface area (Å²) in [6, 6.07) is 0. The van der Waals surface area contributed by atoms with Crippen molar-refractivity contribution in [2.45, 2.75) is 64.2 Å². The maximum atomic E-state index is 2.57. The highest BCUT2D eigenvalue weighted by atomic mass is 14.5. The van der Waals surface area contributed by atoms with Gasteiger partial charge in [-0.3, -0.25) is 0 Å². The average Bonchev–Trinajstić information content (AvgIpc) is 3.30. The molecule has 0 nitrogen and oxygen atoms in total. The molecule has 0 aromatic heterocycles. The molecule has 23 heavy (non-hydrogen) atoms. The summed E-state index contributed by atoms with van der Waals surface area (Å²) in [5, 5.41) is 0. The van der Waals surface area contributed by atoms with Gasteiger partial charge in [-0.1, -0.05) is 48.3 Å². The number of hydrogen-bond acceptors (Lipinski definition) is 0. The van der Waals surface area contributed by atoms with Crippen LogP contribution < -0.4 is 0 Å². The van der Waals surface area contributed by atoms with Gasteiger partial charge >= 0.3 is 0 Å². The van der Waals surface area contributed by atoms with E-state index in [9.17, 15) is 0 Å². The maximum Gasteiger partial charge on any atom is -0.0134 e. The second kappa shape index (κ2) is 4.52. The molecule has 0 heterocycles. The molecule has 0 bridgehead atoms. The number of rotatable bonds is 0. The Kier molecular flexibility index (Phi) is 2.61. The van der Waals surface area contributed by atoms with Crippen LogP contribution in [0.5, 0.6) is 0 Å². The van der Waals surface area contributed by atoms with Crippen LogP contribution in [0, 0.1) is 29.1 Å². The third kappa shape index (κ3) is 1.79. The SMILES string of the molecule is C1=CC2CCCC2C2=C1CC1(CC3=C(C1)C1CCCC1C=C3)C2. The van der Waals surface area contributed by atoms with Crippen LogP contribution in [0.15, 0.2) is 46.6 Å². The number of allylic oxidation sites excluding steroid dienone is 8. The second-order valence-corrected chi connectivity index (χ2v) is 9.43. The zero-order valence-electron chi connectivity index (χ0n) is 14.2. The molecule has 0 aromatic carbocycles. The van der Waals surface area contributed by atoms with Gasteiger partial charge < -0.3 is 0 Å². The quantitative estimate of drug-likeness (QED) is 0.505. The van der Waals surface area contributed by atoms with E-state index < -0.39 is 0 Å². The van der Waals surface area contributed by atoms with E-state index in [0.717, 1.165) is 23.7 Å². The summed E-state index contributed by atoms with van der Waals surface area (Å²) in [5.74, 6) is 3.66. The van der Waals surface area contributed by atoms with Crippen molar-refractivity contribution in [3.63, 3.8) is 0 Å². The molecule has 0 N–H and O–H groups in total. The minimum Gasteiger partial charge on any atom is -0.0805 e. The highest BCUT2D eigenvalue weighted by molar-refractivity contribution is 5.46. The van der Waals surface area contributed by atoms with Gasteiger partial charge in [0.1, 0.15) is 0 Å². The molecule has 0 amide bonds. The fraction of sp³-hybridized carbons (Fsp3) is 0.652. The molecule has 6 rings (SSSR count). The second-order valence-electron chi connectivity index (χ2n) is 9.43. The predicted octanol–water partition coefficient (Wildman–Crippen LogP) is 6.13. The van der Waals surface area contributed by atoms with Gasteiger partial charge in [-0.2, -0.15) is 0 Å². The van der Waals surface area contributed by atoms with Crippen molar-refractivity contribution in [1.29, 1.82) is 0 Å². The van der Waals surface area contributed by atoms with Crippen LogP contribution in [0.1, 0.15) is 64.2 Å². The van der Waals surface area contributed by atoms with Crippen molar-refractivity contribution < 1.29 is 0 Å². The highest BCUT2D eigenvalue weighted by Gasteiger charge is 2.49. The van der Waals surface area contributed by atoms with Gasteiger partial charge in [-0.15, -0.1) is 0 Å². The summed E-state index contributed by atoms with van der Waals surface area (Å²) in [5.41, 5.74) is 7.93. The lowest BCUT2D eigenvalue weighted by Gasteiger charge is -2.28. The first-order valence-corrected chi connectivity index (χ1v) is 10.1. The third-order valence-electron chi connectivity index (χ3n) is 8.21. The Morgan fingerprint density at radius 2 is 1.17 bits per heavy atom. The monoisotopic (exact) mass is 304 g/mol. The molecule has 0 saturated heterocycles. The lowest BCUT2D eigenvalue weighted by Crippen LogP contribution is -2.17. The fourth-order valence-electron chi connectivity index (χ4n) is 7.30. The van der Waals surface area contributed by atoms with Crippen molar-refractivity contribution in [1.82, 2.24) is 0 Å². The van der Waals surface area contributed by atoms with Crippen molar-refractivity contribution in [3.05, 3.63) is 46.6 Å². The van der Waals surface area contributed by atoms with Gasteiger partial charge in [0.15, 0.2) is 0 Å². The van der Waals surface area contributed by atoms with E-state index >= 15 is 0 Å². The van der Waals surface area contributed by atoms with Crippen molar-refractivity contribution in [2.24, 2.45) is 29.1 Å². The van der Waals surface area contributed by atoms with E-state index in [1.54, 1.807) is 11.1 Å². The topological polar surface area (TPSA) is 0 Å². The van der Waals surface area contributed by atoms with E-state index in [1.807, 2.05) is 11.1 Å². The molecule has 0 aliphatic heterocycles. The maximum absolute atomic E-state index is 2.57. The summed E-state index contributed by atoms with van der Waals surface area (Å²) in [4.78, 5) is 0. The Morgan fingerprint density at radius 1 is 0.652 bits per heavy atom. The number of hydrogen-bond donors (Lipinski definition) is 0. The summed E-state index contributed by atoms with van der Waals surface area (Å²) >= 11 is 0. The van der Waals surface area contributed by atoms with Crippen LogP contribution in [0.3, 0.4) is 0 Å². The minimum absolute atomic E-state index is 0.596. The third-order valence-corrected chi connectivity index (χ3v) is 8.21. The molecule has 0 heteroatoms. The van der Waals surface area contributed by atoms with Crippen LogP contribution in [0.4, 0.5) is 0 Å². The van der Waals surface area contributed by atoms with Gasteiger partial charge in [0.2, 0.25) is 0 Å². The molecule has 0 aromatic rings. The van der Waals surface area contributed by atoms with Crippen LogP contribution >= 0.6 is 0 Å². The molecular weight excluding hydrogens is 276 g/mol. The Morgan fingerprint density at radius 3 is 1.70 bits per heavy atom. The first-order valence-electron chi connectivity index (χ1n) is 10.1. The standard InChI is InChI=1S/C23H28/c1-3-15-7-9-17-11-23(13-21(17)19(15)5-1)12-18-10-8-16-4-2-6-20(16)22(18)14-23/h7-10,15-16,19-20H,1-6,11-14H2. The Balaban J connectivity index is 1.29. The van der Waals surface area contributed by atoms with Crippen LogP contribution in [0.25, 0.3) is 0 Å². The van der Waals surface area contributed by atoms with Crippen LogP contribution in [-0.4, -0.2) is 0 Å². The van der Waals surface area contributed by atoms with Gasteiger partial charge in [-0.05, 0) is 91.6 Å². The van der Waals surface area contributed by atoms with Gasteiger partial charge in [0, 0.05) is 0 Å². The molecular formula is C23H28. The van der Waals surface area contributed by atoms with Crippen LogP contribution in [-0.2, 0) is 0 Å². The van der Waals surface area contributed by atoms with Gasteiger partial charge in [0.25, 0.3) is 0 Å². The molecule has 2 fully saturated rings. The van der Waals surface area contributed by atoms with Gasteiger partial charge in [-0.25, -0.2) is 0 Å². The zero-order valence-corrected chi connectivity index (χ0v) is 14.2. The van der Waals surface area contributed by atoms with E-state index in [0.29, 0.717) is 5.41 Å². The fourth-order valence-corrected chi connectivity index (χ4v) is 7.30. The van der Waals surface area contributed by atoms with Crippen molar-refractivity contribution in [3.8, 4) is 0 Å². The average molecular weight is 304 g/mol. The molecule has 4 atom stereocenters. The summed E-state index contributed by atoms with van der Waals surface area (Å²) < 4.78 is 0. The smallest absolute Gasteiger partial charge is 0.0134 e. The molecule has 2 saturated carbocycles. The minimum atomic E-state index is 0.596. The summed E-state index contributed by atoms with van der Waals surface area (Å²) in [7, 11) is 0. The zero-order chi connectivity index (χ0) is 15.0. The van der Waals surface area contributed by atoms with E-state index in [1.165, 1.54) is 64.2 Å².